The molecule has 0 unspecified atom stereocenters. The van der Waals surface area contributed by atoms with Gasteiger partial charge in [0.15, 0.2) is 0 Å². The van der Waals surface area contributed by atoms with Crippen molar-refractivity contribution in [3.8, 4) is 0 Å². The Hall–Kier alpha value is -1.60. The van der Waals surface area contributed by atoms with Gasteiger partial charge in [-0.1, -0.05) is 20.8 Å². The fourth-order valence-corrected chi connectivity index (χ4v) is 1.57. The molecular formula is C11H17F3N4O. The monoisotopic (exact) mass is 278 g/mol. The number of hydrogen-bond donors (Lipinski definition) is 1. The van der Waals surface area contributed by atoms with Crippen molar-refractivity contribution < 1.29 is 18.0 Å². The van der Waals surface area contributed by atoms with Gasteiger partial charge < -0.3 is 4.90 Å². The van der Waals surface area contributed by atoms with Crippen LogP contribution in [0.5, 0.6) is 0 Å². The summed E-state index contributed by atoms with van der Waals surface area (Å²) in [4.78, 5) is 16.6. The minimum Gasteiger partial charge on any atom is -0.327 e. The second-order valence-corrected chi connectivity index (χ2v) is 4.65. The highest BCUT2D eigenvalue weighted by Crippen LogP contribution is 2.18. The van der Waals surface area contributed by atoms with Crippen molar-refractivity contribution in [3.63, 3.8) is 0 Å². The molecule has 19 heavy (non-hydrogen) atoms. The zero-order valence-electron chi connectivity index (χ0n) is 11.1. The Morgan fingerprint density at radius 1 is 1.42 bits per heavy atom. The number of hydrogen-bond acceptors (Lipinski definition) is 3. The van der Waals surface area contributed by atoms with E-state index in [1.807, 2.05) is 0 Å². The Balaban J connectivity index is 2.87. The van der Waals surface area contributed by atoms with Crippen molar-refractivity contribution in [1.29, 1.82) is 0 Å². The van der Waals surface area contributed by atoms with Gasteiger partial charge in [-0.05, 0) is 5.92 Å². The lowest BCUT2D eigenvalue weighted by Gasteiger charge is -2.24. The Morgan fingerprint density at radius 3 is 2.47 bits per heavy atom. The molecule has 0 aliphatic heterocycles. The van der Waals surface area contributed by atoms with Crippen LogP contribution in [-0.4, -0.2) is 45.3 Å². The Bertz CT molecular complexity index is 428. The molecule has 0 fully saturated rings. The minimum atomic E-state index is -4.44. The summed E-state index contributed by atoms with van der Waals surface area (Å²) in [6.07, 6.45) is -3.90. The van der Waals surface area contributed by atoms with Gasteiger partial charge in [0.25, 0.3) is 5.91 Å². The SMILES string of the molecule is CCc1nc(C(=O)N(CC(C)C)CC(F)(F)F)n[nH]1. The number of alkyl halides is 3. The first-order valence-electron chi connectivity index (χ1n) is 6.00. The van der Waals surface area contributed by atoms with Crippen LogP contribution >= 0.6 is 0 Å². The van der Waals surface area contributed by atoms with E-state index in [-0.39, 0.29) is 18.3 Å². The predicted molar refractivity (Wildman–Crippen MR) is 62.6 cm³/mol. The highest BCUT2D eigenvalue weighted by Gasteiger charge is 2.34. The van der Waals surface area contributed by atoms with E-state index in [9.17, 15) is 18.0 Å². The summed E-state index contributed by atoms with van der Waals surface area (Å²) in [5.74, 6) is -0.625. The highest BCUT2D eigenvalue weighted by atomic mass is 19.4. The van der Waals surface area contributed by atoms with Crippen LogP contribution in [0.2, 0.25) is 0 Å². The maximum Gasteiger partial charge on any atom is 0.406 e. The van der Waals surface area contributed by atoms with E-state index >= 15 is 0 Å². The number of carbonyl (C=O) groups excluding carboxylic acids is 1. The molecule has 8 heteroatoms. The maximum absolute atomic E-state index is 12.5. The van der Waals surface area contributed by atoms with Crippen molar-refractivity contribution >= 4 is 5.91 Å². The van der Waals surface area contributed by atoms with Gasteiger partial charge in [0.05, 0.1) is 0 Å². The summed E-state index contributed by atoms with van der Waals surface area (Å²) in [5, 5.41) is 6.17. The van der Waals surface area contributed by atoms with E-state index in [0.717, 1.165) is 4.90 Å². The molecule has 0 saturated carbocycles. The van der Waals surface area contributed by atoms with Crippen molar-refractivity contribution in [1.82, 2.24) is 20.1 Å². The molecule has 0 saturated heterocycles. The molecule has 0 atom stereocenters. The first-order valence-corrected chi connectivity index (χ1v) is 6.00. The normalized spacial score (nSPS) is 11.9. The Labute approximate surface area is 109 Å². The van der Waals surface area contributed by atoms with Gasteiger partial charge >= 0.3 is 6.18 Å². The summed E-state index contributed by atoms with van der Waals surface area (Å²) in [6.45, 7) is 4.00. The van der Waals surface area contributed by atoms with Crippen LogP contribution in [0.1, 0.15) is 37.2 Å². The molecule has 1 rings (SSSR count). The molecule has 0 spiro atoms. The third-order valence-electron chi connectivity index (χ3n) is 2.30. The molecule has 0 aromatic carbocycles. The number of rotatable bonds is 5. The fourth-order valence-electron chi connectivity index (χ4n) is 1.57. The fraction of sp³-hybridized carbons (Fsp3) is 0.727. The molecule has 1 heterocycles. The van der Waals surface area contributed by atoms with Crippen LogP contribution in [-0.2, 0) is 6.42 Å². The first-order chi connectivity index (χ1) is 8.73. The van der Waals surface area contributed by atoms with Crippen molar-refractivity contribution in [2.24, 2.45) is 5.92 Å². The smallest absolute Gasteiger partial charge is 0.327 e. The van der Waals surface area contributed by atoms with Gasteiger partial charge in [-0.15, -0.1) is 5.10 Å². The Kier molecular flexibility index (Phi) is 4.90. The number of carbonyl (C=O) groups is 1. The third-order valence-corrected chi connectivity index (χ3v) is 2.30. The minimum absolute atomic E-state index is 0.00828. The molecular weight excluding hydrogens is 261 g/mol. The standard InChI is InChI=1S/C11H17F3N4O/c1-4-8-15-9(17-16-8)10(19)18(5-7(2)3)6-11(12,13)14/h7H,4-6H2,1-3H3,(H,15,16,17). The van der Waals surface area contributed by atoms with E-state index in [4.69, 9.17) is 0 Å². The van der Waals surface area contributed by atoms with Gasteiger partial charge in [0.2, 0.25) is 5.82 Å². The van der Waals surface area contributed by atoms with E-state index in [0.29, 0.717) is 12.2 Å². The lowest BCUT2D eigenvalue weighted by Crippen LogP contribution is -2.41. The molecule has 0 aliphatic carbocycles. The van der Waals surface area contributed by atoms with Gasteiger partial charge in [0, 0.05) is 13.0 Å². The van der Waals surface area contributed by atoms with Gasteiger partial charge in [0.1, 0.15) is 12.4 Å². The third kappa shape index (κ3) is 4.88. The van der Waals surface area contributed by atoms with Crippen LogP contribution in [0.4, 0.5) is 13.2 Å². The number of nitrogens with one attached hydrogen (secondary N) is 1. The van der Waals surface area contributed by atoms with Gasteiger partial charge in [-0.25, -0.2) is 4.98 Å². The molecule has 1 amide bonds. The average Bonchev–Trinajstić information content (AvgIpc) is 2.73. The second-order valence-electron chi connectivity index (χ2n) is 4.65. The molecule has 5 nitrogen and oxygen atoms in total. The van der Waals surface area contributed by atoms with E-state index < -0.39 is 18.6 Å². The summed E-state index contributed by atoms with van der Waals surface area (Å²) in [6, 6.07) is 0. The first kappa shape index (κ1) is 15.5. The second kappa shape index (κ2) is 6.03. The summed E-state index contributed by atoms with van der Waals surface area (Å²) in [5.41, 5.74) is 0. The van der Waals surface area contributed by atoms with Crippen LogP contribution in [0.15, 0.2) is 0 Å². The zero-order valence-corrected chi connectivity index (χ0v) is 11.1. The highest BCUT2D eigenvalue weighted by molar-refractivity contribution is 5.90. The van der Waals surface area contributed by atoms with E-state index in [1.165, 1.54) is 0 Å². The van der Waals surface area contributed by atoms with Crippen molar-refractivity contribution in [3.05, 3.63) is 11.6 Å². The number of nitrogens with zero attached hydrogens (tertiary/aromatic N) is 3. The van der Waals surface area contributed by atoms with Crippen LogP contribution in [0.25, 0.3) is 0 Å². The number of aromatic amines is 1. The van der Waals surface area contributed by atoms with Crippen molar-refractivity contribution in [2.75, 3.05) is 13.1 Å². The number of aromatic nitrogens is 3. The lowest BCUT2D eigenvalue weighted by molar-refractivity contribution is -0.141. The molecule has 1 aromatic rings. The molecule has 0 aliphatic rings. The predicted octanol–water partition coefficient (Wildman–Crippen LogP) is 2.03. The molecule has 0 bridgehead atoms. The van der Waals surface area contributed by atoms with Crippen molar-refractivity contribution in [2.45, 2.75) is 33.4 Å². The quantitative estimate of drug-likeness (QED) is 0.896. The number of halogens is 3. The van der Waals surface area contributed by atoms with E-state index in [2.05, 4.69) is 15.2 Å². The largest absolute Gasteiger partial charge is 0.406 e. The summed E-state index contributed by atoms with van der Waals surface area (Å²) < 4.78 is 37.4. The molecule has 108 valence electrons. The number of amides is 1. The van der Waals surface area contributed by atoms with E-state index in [1.54, 1.807) is 20.8 Å². The van der Waals surface area contributed by atoms with Gasteiger partial charge in [-0.2, -0.15) is 13.2 Å². The molecule has 1 N–H and O–H groups in total. The van der Waals surface area contributed by atoms with Crippen LogP contribution in [0, 0.1) is 5.92 Å². The molecule has 1 aromatic heterocycles. The molecule has 0 radical (unpaired) electrons. The maximum atomic E-state index is 12.5. The Morgan fingerprint density at radius 2 is 2.05 bits per heavy atom. The number of aryl methyl sites for hydroxylation is 1. The summed E-state index contributed by atoms with van der Waals surface area (Å²) >= 11 is 0. The number of H-pyrrole nitrogens is 1. The average molecular weight is 278 g/mol. The van der Waals surface area contributed by atoms with Crippen LogP contribution < -0.4 is 0 Å². The topological polar surface area (TPSA) is 61.9 Å². The zero-order chi connectivity index (χ0) is 14.6. The summed E-state index contributed by atoms with van der Waals surface area (Å²) in [7, 11) is 0. The van der Waals surface area contributed by atoms with Crippen LogP contribution in [0.3, 0.4) is 0 Å². The lowest BCUT2D eigenvalue weighted by atomic mass is 10.2. The van der Waals surface area contributed by atoms with Gasteiger partial charge in [-0.3, -0.25) is 9.89 Å².